The summed E-state index contributed by atoms with van der Waals surface area (Å²) in [5.41, 5.74) is 8.22. The number of ether oxygens (including phenoxy) is 8. The maximum atomic E-state index is 14.9. The number of aryl methyl sites for hydroxylation is 1. The van der Waals surface area contributed by atoms with E-state index in [2.05, 4.69) is 39.3 Å². The number of β-amino-alcohol motifs (C(OH)–C–C–N with tert-alkyl or cyclic N) is 1. The molecular formula is C72H93FN6O14S. The molecule has 2 aliphatic rings. The van der Waals surface area contributed by atoms with Crippen LogP contribution in [0.2, 0.25) is 0 Å². The van der Waals surface area contributed by atoms with Gasteiger partial charge in [0, 0.05) is 49.4 Å². The maximum absolute atomic E-state index is 14.9. The van der Waals surface area contributed by atoms with Gasteiger partial charge in [-0.1, -0.05) is 89.2 Å². The minimum Gasteiger partial charge on any atom is -0.491 e. The van der Waals surface area contributed by atoms with Gasteiger partial charge in [0.15, 0.2) is 5.79 Å². The molecule has 4 aromatic carbocycles. The summed E-state index contributed by atoms with van der Waals surface area (Å²) in [7, 11) is 0. The number of anilines is 1. The molecule has 4 heterocycles. The summed E-state index contributed by atoms with van der Waals surface area (Å²) in [5.74, 6) is -2.90. The predicted molar refractivity (Wildman–Crippen MR) is 358 cm³/mol. The van der Waals surface area contributed by atoms with Crippen LogP contribution in [-0.4, -0.2) is 157 Å². The SMILES string of the molecule is Cc1ncsc1-c1ccc(CNC(=O)[C@@H]2C[C@@H](O)CN2C(=O)[C@@H](NC(=O)COCCOCCOCCOCCOc2ccc(NC(=O)c3c(-c4ccccc4)c(-c4ccc(F)cc4)n(CC[C@@H]4C[C@H](CC(=O)OC(C)(C)C)OC(C)(C)O4)c3C(C)C)cc2)C(C)(C)C)cc1. The van der Waals surface area contributed by atoms with E-state index in [1.54, 1.807) is 53.2 Å². The maximum Gasteiger partial charge on any atom is 0.308 e. The van der Waals surface area contributed by atoms with Gasteiger partial charge in [-0.2, -0.15) is 0 Å². The van der Waals surface area contributed by atoms with Gasteiger partial charge in [-0.3, -0.25) is 24.0 Å². The number of carbonyl (C=O) groups excluding carboxylic acids is 5. The van der Waals surface area contributed by atoms with Crippen LogP contribution in [0, 0.1) is 18.2 Å². The van der Waals surface area contributed by atoms with E-state index < -0.39 is 52.9 Å². The van der Waals surface area contributed by atoms with Gasteiger partial charge in [0.25, 0.3) is 5.91 Å². The Kier molecular flexibility index (Phi) is 25.7. The summed E-state index contributed by atoms with van der Waals surface area (Å²) >= 11 is 1.56. The van der Waals surface area contributed by atoms with Crippen molar-refractivity contribution in [3.8, 4) is 38.6 Å². The van der Waals surface area contributed by atoms with Crippen molar-refractivity contribution in [2.45, 2.75) is 163 Å². The number of nitrogens with one attached hydrogen (secondary N) is 3. The van der Waals surface area contributed by atoms with Gasteiger partial charge < -0.3 is 68.4 Å². The van der Waals surface area contributed by atoms with Gasteiger partial charge in [-0.05, 0) is 130 Å². The summed E-state index contributed by atoms with van der Waals surface area (Å²) in [5, 5.41) is 19.5. The molecule has 2 aliphatic heterocycles. The van der Waals surface area contributed by atoms with Gasteiger partial charge in [-0.25, -0.2) is 9.37 Å². The monoisotopic (exact) mass is 1320 g/mol. The van der Waals surface area contributed by atoms with Crippen molar-refractivity contribution in [2.24, 2.45) is 5.41 Å². The normalized spacial score (nSPS) is 17.6. The standard InChI is InChI=1S/C72H93FN6O14S/c1-46(2)63-62(61(49-15-13-12-14-16-49)64(50-21-23-52(73)24-22-50)78(63)30-29-56-40-57(92-72(10,11)91-56)41-60(82)93-71(7,8)9)68(84)76-53-25-27-55(28-26-53)90-38-37-88-34-33-86-31-32-87-35-36-89-44-59(81)77-66(70(4,5)6)69(85)79-43-54(80)39-58(79)67(83)74-42-48-17-19-51(20-18-48)65-47(3)75-45-94-65/h12-28,45-46,54,56-58,66,80H,29-44H2,1-11H3,(H,74,83)(H,76,84)(H,77,81)/t54-,56-,57-,58+,66-/m1/s1. The van der Waals surface area contributed by atoms with Crippen LogP contribution in [0.5, 0.6) is 5.75 Å². The summed E-state index contributed by atoms with van der Waals surface area (Å²) < 4.78 is 63.6. The number of amides is 4. The van der Waals surface area contributed by atoms with Crippen molar-refractivity contribution in [3.63, 3.8) is 0 Å². The van der Waals surface area contributed by atoms with Crippen LogP contribution in [0.1, 0.15) is 128 Å². The number of carbonyl (C=O) groups is 5. The van der Waals surface area contributed by atoms with Crippen LogP contribution < -0.4 is 20.7 Å². The van der Waals surface area contributed by atoms with E-state index >= 15 is 0 Å². The van der Waals surface area contributed by atoms with Gasteiger partial charge in [0.05, 0.1) is 98.3 Å². The Morgan fingerprint density at radius 3 is 1.99 bits per heavy atom. The molecule has 0 radical (unpaired) electrons. The highest BCUT2D eigenvalue weighted by Crippen LogP contribution is 2.44. The molecule has 0 unspecified atom stereocenters. The third-order valence-electron chi connectivity index (χ3n) is 15.8. The molecule has 5 atom stereocenters. The molecule has 2 aromatic heterocycles. The number of halogens is 1. The Morgan fingerprint density at radius 2 is 1.38 bits per heavy atom. The first-order chi connectivity index (χ1) is 44.7. The molecule has 22 heteroatoms. The Bertz CT molecular complexity index is 3450. The summed E-state index contributed by atoms with van der Waals surface area (Å²) in [4.78, 5) is 75.3. The minimum atomic E-state index is -0.992. The zero-order valence-electron chi connectivity index (χ0n) is 56.1. The average molecular weight is 1320 g/mol. The van der Waals surface area contributed by atoms with Gasteiger partial charge in [0.1, 0.15) is 42.5 Å². The molecule has 4 amide bonds. The Labute approximate surface area is 555 Å². The highest BCUT2D eigenvalue weighted by molar-refractivity contribution is 7.13. The number of hydrogen-bond donors (Lipinski definition) is 4. The summed E-state index contributed by atoms with van der Waals surface area (Å²) in [6.45, 7) is 23.2. The van der Waals surface area contributed by atoms with Gasteiger partial charge in [-0.15, -0.1) is 11.3 Å². The van der Waals surface area contributed by atoms with E-state index in [0.717, 1.165) is 44.2 Å². The van der Waals surface area contributed by atoms with Crippen molar-refractivity contribution in [1.82, 2.24) is 25.1 Å². The molecule has 20 nitrogen and oxygen atoms in total. The Balaban J connectivity index is 0.747. The molecule has 0 aliphatic carbocycles. The van der Waals surface area contributed by atoms with Crippen LogP contribution in [0.3, 0.4) is 0 Å². The number of aliphatic hydroxyl groups excluding tert-OH is 1. The summed E-state index contributed by atoms with van der Waals surface area (Å²) in [6, 6.07) is 29.1. The predicted octanol–water partition coefficient (Wildman–Crippen LogP) is 11.1. The average Bonchev–Trinajstić information content (AvgIpc) is 1.59. The Hall–Kier alpha value is -7.41. The first kappa shape index (κ1) is 72.4. The fourth-order valence-electron chi connectivity index (χ4n) is 11.7. The second-order valence-corrected chi connectivity index (χ2v) is 27.4. The number of aromatic nitrogens is 2. The van der Waals surface area contributed by atoms with Crippen molar-refractivity contribution >= 4 is 46.6 Å². The first-order valence-corrected chi connectivity index (χ1v) is 33.2. The van der Waals surface area contributed by atoms with E-state index in [4.69, 9.17) is 37.9 Å². The van der Waals surface area contributed by atoms with Crippen molar-refractivity contribution in [3.05, 3.63) is 137 Å². The highest BCUT2D eigenvalue weighted by Gasteiger charge is 2.45. The zero-order chi connectivity index (χ0) is 67.7. The van der Waals surface area contributed by atoms with Gasteiger partial charge >= 0.3 is 5.97 Å². The molecule has 508 valence electrons. The number of aliphatic hydroxyl groups is 1. The van der Waals surface area contributed by atoms with Crippen LogP contribution in [0.4, 0.5) is 10.1 Å². The van der Waals surface area contributed by atoms with Gasteiger partial charge in [0.2, 0.25) is 17.7 Å². The lowest BCUT2D eigenvalue weighted by Gasteiger charge is -2.41. The fourth-order valence-corrected chi connectivity index (χ4v) is 12.5. The second kappa shape index (κ2) is 33.3. The first-order valence-electron chi connectivity index (χ1n) is 32.3. The minimum absolute atomic E-state index is 0.0356. The smallest absolute Gasteiger partial charge is 0.308 e. The number of likely N-dealkylation sites (tertiary alicyclic amines) is 1. The van der Waals surface area contributed by atoms with Crippen molar-refractivity contribution < 1.29 is 71.4 Å². The number of esters is 1. The zero-order valence-corrected chi connectivity index (χ0v) is 56.9. The Morgan fingerprint density at radius 1 is 0.766 bits per heavy atom. The number of rotatable bonds is 31. The molecule has 0 bridgehead atoms. The third kappa shape index (κ3) is 20.8. The third-order valence-corrected chi connectivity index (χ3v) is 16.8. The molecule has 94 heavy (non-hydrogen) atoms. The topological polar surface area (TPSA) is 237 Å². The quantitative estimate of drug-likeness (QED) is 0.0234. The fraction of sp³-hybridized carbons (Fsp3) is 0.500. The largest absolute Gasteiger partial charge is 0.491 e. The van der Waals surface area contributed by atoms with E-state index in [-0.39, 0.29) is 94.6 Å². The van der Waals surface area contributed by atoms with E-state index in [9.17, 15) is 33.5 Å². The second-order valence-electron chi connectivity index (χ2n) is 26.5. The molecule has 0 spiro atoms. The number of nitrogens with zero attached hydrogens (tertiary/aromatic N) is 3. The van der Waals surface area contributed by atoms with Crippen LogP contribution in [-0.2, 0) is 65.4 Å². The molecule has 0 saturated carbocycles. The highest BCUT2D eigenvalue weighted by atomic mass is 32.1. The number of hydrogen-bond acceptors (Lipinski definition) is 16. The molecule has 8 rings (SSSR count). The number of benzene rings is 4. The van der Waals surface area contributed by atoms with Crippen LogP contribution >= 0.6 is 11.3 Å². The molecule has 2 fully saturated rings. The van der Waals surface area contributed by atoms with Crippen LogP contribution in [0.25, 0.3) is 32.8 Å². The lowest BCUT2D eigenvalue weighted by Crippen LogP contribution is -2.58. The van der Waals surface area contributed by atoms with Crippen molar-refractivity contribution in [1.29, 1.82) is 0 Å². The van der Waals surface area contributed by atoms with E-state index in [0.29, 0.717) is 68.4 Å². The lowest BCUT2D eigenvalue weighted by atomic mass is 9.85. The molecule has 6 aromatic rings. The molecule has 4 N–H and O–H groups in total. The van der Waals surface area contributed by atoms with E-state index in [1.807, 2.05) is 117 Å². The summed E-state index contributed by atoms with van der Waals surface area (Å²) in [6.07, 6.45) is -0.474. The molecule has 2 saturated heterocycles. The van der Waals surface area contributed by atoms with Crippen LogP contribution in [0.15, 0.2) is 109 Å². The molecular weight excluding hydrogens is 1220 g/mol. The lowest BCUT2D eigenvalue weighted by molar-refractivity contribution is -0.301. The number of thiazole rings is 1. The van der Waals surface area contributed by atoms with E-state index in [1.165, 1.54) is 17.0 Å². The van der Waals surface area contributed by atoms with Crippen molar-refractivity contribution in [2.75, 3.05) is 71.3 Å².